The third-order valence-corrected chi connectivity index (χ3v) is 10.9. The van der Waals surface area contributed by atoms with E-state index >= 15 is 0 Å². The Kier molecular flexibility index (Phi) is 5.05. The molecule has 1 saturated heterocycles. The lowest BCUT2D eigenvalue weighted by atomic mass is 9.46. The second-order valence-corrected chi connectivity index (χ2v) is 12.6. The molecule has 2 N–H and O–H groups in total. The molecule has 5 aliphatic rings. The Morgan fingerprint density at radius 2 is 1.80 bits per heavy atom. The van der Waals surface area contributed by atoms with Gasteiger partial charge in [-0.1, -0.05) is 46.3 Å². The highest BCUT2D eigenvalue weighted by atomic mass is 16.6. The second-order valence-electron chi connectivity index (χ2n) is 12.6. The van der Waals surface area contributed by atoms with Crippen LogP contribution in [0.2, 0.25) is 0 Å². The van der Waals surface area contributed by atoms with Crippen molar-refractivity contribution in [1.82, 2.24) is 0 Å². The van der Waals surface area contributed by atoms with Gasteiger partial charge in [0, 0.05) is 5.92 Å². The molecule has 4 fully saturated rings. The average molecular weight is 417 g/mol. The van der Waals surface area contributed by atoms with Crippen LogP contribution in [-0.4, -0.2) is 34.1 Å². The highest BCUT2D eigenvalue weighted by Gasteiger charge is 2.67. The normalized spacial score (nSPS) is 53.5. The van der Waals surface area contributed by atoms with Crippen LogP contribution in [0.3, 0.4) is 0 Å². The minimum atomic E-state index is -0.591. The number of rotatable bonds is 4. The van der Waals surface area contributed by atoms with Crippen molar-refractivity contribution >= 4 is 0 Å². The molecule has 0 aromatic carbocycles. The lowest BCUT2D eigenvalue weighted by Crippen LogP contribution is -2.57. The Balaban J connectivity index is 1.38. The van der Waals surface area contributed by atoms with Crippen LogP contribution >= 0.6 is 0 Å². The van der Waals surface area contributed by atoms with Gasteiger partial charge in [0.15, 0.2) is 0 Å². The van der Waals surface area contributed by atoms with Gasteiger partial charge in [-0.3, -0.25) is 0 Å². The van der Waals surface area contributed by atoms with E-state index in [-0.39, 0.29) is 29.0 Å². The Morgan fingerprint density at radius 3 is 2.53 bits per heavy atom. The third-order valence-electron chi connectivity index (χ3n) is 10.9. The van der Waals surface area contributed by atoms with E-state index < -0.39 is 5.60 Å². The number of aliphatic hydroxyl groups is 2. The van der Waals surface area contributed by atoms with Crippen LogP contribution in [0, 0.1) is 40.4 Å². The van der Waals surface area contributed by atoms with E-state index in [0.717, 1.165) is 50.9 Å². The second kappa shape index (κ2) is 7.06. The molecule has 2 unspecified atom stereocenters. The van der Waals surface area contributed by atoms with Crippen LogP contribution in [0.15, 0.2) is 11.6 Å². The van der Waals surface area contributed by atoms with Gasteiger partial charge in [-0.15, -0.1) is 0 Å². The van der Waals surface area contributed by atoms with Crippen LogP contribution in [0.1, 0.15) is 92.4 Å². The van der Waals surface area contributed by atoms with Gasteiger partial charge in [0.25, 0.3) is 0 Å². The van der Waals surface area contributed by atoms with Crippen LogP contribution < -0.4 is 0 Å². The summed E-state index contributed by atoms with van der Waals surface area (Å²) in [6, 6.07) is 0. The summed E-state index contributed by atoms with van der Waals surface area (Å²) < 4.78 is 6.10. The molecule has 0 radical (unpaired) electrons. The first-order chi connectivity index (χ1) is 14.1. The standard InChI is InChI=1S/C27H44O3/c1-16(2)14-23-24(30-23)17(3)27(29)13-10-22-20-7-6-18-15-19(28)8-11-25(18,4)21(20)9-12-26(22,27)5/h6,16-17,19-24,28-29H,7-15H2,1-5H3/t17-,19+,20-,21+,22+,23?,24?,25+,26+,27+/m1/s1. The summed E-state index contributed by atoms with van der Waals surface area (Å²) >= 11 is 0. The molecule has 0 amide bonds. The summed E-state index contributed by atoms with van der Waals surface area (Å²) in [5.74, 6) is 2.92. The summed E-state index contributed by atoms with van der Waals surface area (Å²) in [7, 11) is 0. The highest BCUT2D eigenvalue weighted by Crippen LogP contribution is 2.69. The summed E-state index contributed by atoms with van der Waals surface area (Å²) in [6.45, 7) is 11.7. The minimum Gasteiger partial charge on any atom is -0.393 e. The third kappa shape index (κ3) is 2.94. The maximum absolute atomic E-state index is 12.2. The van der Waals surface area contributed by atoms with Crippen molar-refractivity contribution in [2.45, 2.75) is 116 Å². The van der Waals surface area contributed by atoms with Crippen molar-refractivity contribution in [3.63, 3.8) is 0 Å². The predicted molar refractivity (Wildman–Crippen MR) is 120 cm³/mol. The maximum atomic E-state index is 12.2. The number of allylic oxidation sites excluding steroid dienone is 1. The minimum absolute atomic E-state index is 0.0117. The molecule has 3 heteroatoms. The fourth-order valence-corrected chi connectivity index (χ4v) is 8.96. The number of aliphatic hydroxyl groups excluding tert-OH is 1. The SMILES string of the molecule is CC(C)CC1OC1[C@@H](C)[C@@]1(O)CC[C@H]2[C@@H]3CC=C4C[C@@H](O)CC[C@]4(C)[C@H]3CC[C@@]21C. The van der Waals surface area contributed by atoms with E-state index in [9.17, 15) is 10.2 Å². The van der Waals surface area contributed by atoms with Gasteiger partial charge in [0.05, 0.1) is 23.9 Å². The molecule has 170 valence electrons. The van der Waals surface area contributed by atoms with Crippen molar-refractivity contribution < 1.29 is 14.9 Å². The first kappa shape index (κ1) is 21.5. The Hall–Kier alpha value is -0.380. The average Bonchev–Trinajstić information content (AvgIpc) is 3.38. The van der Waals surface area contributed by atoms with Crippen LogP contribution in [0.25, 0.3) is 0 Å². The molecule has 0 spiro atoms. The smallest absolute Gasteiger partial charge is 0.0895 e. The molecular weight excluding hydrogens is 372 g/mol. The maximum Gasteiger partial charge on any atom is 0.0895 e. The van der Waals surface area contributed by atoms with E-state index in [4.69, 9.17) is 4.74 Å². The molecule has 1 heterocycles. The highest BCUT2D eigenvalue weighted by molar-refractivity contribution is 5.26. The van der Waals surface area contributed by atoms with Gasteiger partial charge in [0.1, 0.15) is 0 Å². The topological polar surface area (TPSA) is 53.0 Å². The molecule has 4 aliphatic carbocycles. The van der Waals surface area contributed by atoms with Crippen LogP contribution in [-0.2, 0) is 4.74 Å². The van der Waals surface area contributed by atoms with Gasteiger partial charge in [-0.25, -0.2) is 0 Å². The molecule has 1 aliphatic heterocycles. The zero-order valence-corrected chi connectivity index (χ0v) is 19.9. The van der Waals surface area contributed by atoms with Crippen LogP contribution in [0.4, 0.5) is 0 Å². The lowest BCUT2D eigenvalue weighted by molar-refractivity contribution is -0.152. The predicted octanol–water partition coefficient (Wildman–Crippen LogP) is 5.49. The van der Waals surface area contributed by atoms with Crippen molar-refractivity contribution in [2.24, 2.45) is 40.4 Å². The van der Waals surface area contributed by atoms with E-state index in [2.05, 4.69) is 40.7 Å². The first-order valence-electron chi connectivity index (χ1n) is 12.9. The largest absolute Gasteiger partial charge is 0.393 e. The van der Waals surface area contributed by atoms with Gasteiger partial charge in [-0.2, -0.15) is 0 Å². The van der Waals surface area contributed by atoms with E-state index in [1.807, 2.05) is 0 Å². The van der Waals surface area contributed by atoms with E-state index in [1.165, 1.54) is 18.4 Å². The Labute approximate surface area is 183 Å². The zero-order chi connectivity index (χ0) is 21.5. The monoisotopic (exact) mass is 416 g/mol. The zero-order valence-electron chi connectivity index (χ0n) is 19.9. The van der Waals surface area contributed by atoms with Gasteiger partial charge < -0.3 is 14.9 Å². The quantitative estimate of drug-likeness (QED) is 0.470. The summed E-state index contributed by atoms with van der Waals surface area (Å²) in [5.41, 5.74) is 1.23. The van der Waals surface area contributed by atoms with Crippen molar-refractivity contribution in [3.05, 3.63) is 11.6 Å². The fourth-order valence-electron chi connectivity index (χ4n) is 8.96. The molecule has 0 bridgehead atoms. The van der Waals surface area contributed by atoms with Gasteiger partial charge in [-0.05, 0) is 92.3 Å². The lowest BCUT2D eigenvalue weighted by Gasteiger charge is -2.59. The Morgan fingerprint density at radius 1 is 1.07 bits per heavy atom. The molecule has 0 aromatic rings. The number of epoxide rings is 1. The van der Waals surface area contributed by atoms with Gasteiger partial charge >= 0.3 is 0 Å². The summed E-state index contributed by atoms with van der Waals surface area (Å²) in [4.78, 5) is 0. The summed E-state index contributed by atoms with van der Waals surface area (Å²) in [6.07, 6.45) is 12.7. The first-order valence-corrected chi connectivity index (χ1v) is 12.9. The number of hydrogen-bond acceptors (Lipinski definition) is 3. The number of hydrogen-bond donors (Lipinski definition) is 2. The molecule has 3 nitrogen and oxygen atoms in total. The van der Waals surface area contributed by atoms with Gasteiger partial charge in [0.2, 0.25) is 0 Å². The van der Waals surface area contributed by atoms with E-state index in [1.54, 1.807) is 0 Å². The Bertz CT molecular complexity index is 715. The fraction of sp³-hybridized carbons (Fsp3) is 0.926. The van der Waals surface area contributed by atoms with Crippen molar-refractivity contribution in [2.75, 3.05) is 0 Å². The van der Waals surface area contributed by atoms with Crippen molar-refractivity contribution in [3.8, 4) is 0 Å². The van der Waals surface area contributed by atoms with Crippen LogP contribution in [0.5, 0.6) is 0 Å². The van der Waals surface area contributed by atoms with Crippen molar-refractivity contribution in [1.29, 1.82) is 0 Å². The number of ether oxygens (including phenoxy) is 1. The molecule has 5 rings (SSSR count). The van der Waals surface area contributed by atoms with E-state index in [0.29, 0.717) is 23.9 Å². The molecule has 3 saturated carbocycles. The molecule has 30 heavy (non-hydrogen) atoms. The number of fused-ring (bicyclic) bond motifs is 5. The molecule has 0 aromatic heterocycles. The molecular formula is C27H44O3. The molecule has 10 atom stereocenters. The summed E-state index contributed by atoms with van der Waals surface area (Å²) in [5, 5.41) is 22.4.